The first-order chi connectivity index (χ1) is 12.9. The Balaban J connectivity index is 1.73. The zero-order valence-electron chi connectivity index (χ0n) is 14.8. The Morgan fingerprint density at radius 2 is 1.52 bits per heavy atom. The highest BCUT2D eigenvalue weighted by Crippen LogP contribution is 2.29. The van der Waals surface area contributed by atoms with Crippen LogP contribution in [0.2, 0.25) is 0 Å². The van der Waals surface area contributed by atoms with Crippen molar-refractivity contribution in [3.8, 4) is 16.9 Å². The minimum Gasteiger partial charge on any atom is -0.483 e. The van der Waals surface area contributed by atoms with Crippen molar-refractivity contribution in [3.63, 3.8) is 0 Å². The van der Waals surface area contributed by atoms with E-state index in [-0.39, 0.29) is 17.2 Å². The number of hydrogen-bond acceptors (Lipinski definition) is 4. The number of benzene rings is 3. The van der Waals surface area contributed by atoms with Crippen LogP contribution in [0.1, 0.15) is 0 Å². The number of carbonyl (C=O) groups is 1. The number of nitrogens with one attached hydrogen (secondary N) is 1. The molecule has 0 saturated heterocycles. The first-order valence-corrected chi connectivity index (χ1v) is 10.2. The maximum atomic E-state index is 12.3. The highest BCUT2D eigenvalue weighted by Gasteiger charge is 2.15. The third kappa shape index (κ3) is 4.74. The number of sulfone groups is 1. The maximum absolute atomic E-state index is 12.3. The summed E-state index contributed by atoms with van der Waals surface area (Å²) in [4.78, 5) is 12.4. The Bertz CT molecular complexity index is 1050. The zero-order chi connectivity index (χ0) is 19.3. The second-order valence-corrected chi connectivity index (χ2v) is 7.95. The molecular formula is C21H19NO4S. The molecule has 0 heterocycles. The number of hydrogen-bond donors (Lipinski definition) is 1. The first kappa shape index (κ1) is 18.7. The standard InChI is InChI=1S/C21H19NO4S/c1-27(24,25)20-14-8-6-12-18(20)22-21(23)15-26-19-13-7-5-11-17(19)16-9-3-2-4-10-16/h2-14H,15H2,1H3,(H,22,23). The summed E-state index contributed by atoms with van der Waals surface area (Å²) in [5, 5.41) is 2.60. The van der Waals surface area contributed by atoms with Gasteiger partial charge in [-0.3, -0.25) is 4.79 Å². The van der Waals surface area contributed by atoms with Crippen molar-refractivity contribution in [1.82, 2.24) is 0 Å². The summed E-state index contributed by atoms with van der Waals surface area (Å²) in [5.41, 5.74) is 2.10. The van der Waals surface area contributed by atoms with Crippen molar-refractivity contribution in [1.29, 1.82) is 0 Å². The molecule has 3 aromatic carbocycles. The van der Waals surface area contributed by atoms with Gasteiger partial charge < -0.3 is 10.1 Å². The SMILES string of the molecule is CS(=O)(=O)c1ccccc1NC(=O)COc1ccccc1-c1ccccc1. The monoisotopic (exact) mass is 381 g/mol. The second kappa shape index (κ2) is 8.05. The normalized spacial score (nSPS) is 11.0. The van der Waals surface area contributed by atoms with E-state index in [9.17, 15) is 13.2 Å². The average molecular weight is 381 g/mol. The van der Waals surface area contributed by atoms with Crippen molar-refractivity contribution >= 4 is 21.4 Å². The molecule has 27 heavy (non-hydrogen) atoms. The molecule has 0 aromatic heterocycles. The van der Waals surface area contributed by atoms with Crippen LogP contribution < -0.4 is 10.1 Å². The summed E-state index contributed by atoms with van der Waals surface area (Å²) in [5.74, 6) is 0.143. The Morgan fingerprint density at radius 3 is 2.26 bits per heavy atom. The molecule has 6 heteroatoms. The number of ether oxygens (including phenoxy) is 1. The lowest BCUT2D eigenvalue weighted by Crippen LogP contribution is -2.21. The zero-order valence-corrected chi connectivity index (χ0v) is 15.6. The summed E-state index contributed by atoms with van der Waals surface area (Å²) >= 11 is 0. The fourth-order valence-corrected chi connectivity index (χ4v) is 3.52. The van der Waals surface area contributed by atoms with E-state index in [1.54, 1.807) is 24.3 Å². The molecule has 1 N–H and O–H groups in total. The molecule has 3 aromatic rings. The molecule has 0 radical (unpaired) electrons. The third-order valence-corrected chi connectivity index (χ3v) is 5.05. The van der Waals surface area contributed by atoms with Crippen LogP contribution in [0.25, 0.3) is 11.1 Å². The van der Waals surface area contributed by atoms with Gasteiger partial charge in [0.2, 0.25) is 0 Å². The topological polar surface area (TPSA) is 72.5 Å². The summed E-state index contributed by atoms with van der Waals surface area (Å²) in [6, 6.07) is 23.4. The van der Waals surface area contributed by atoms with E-state index in [1.165, 1.54) is 6.07 Å². The van der Waals surface area contributed by atoms with Crippen molar-refractivity contribution in [2.75, 3.05) is 18.2 Å². The van der Waals surface area contributed by atoms with Gasteiger partial charge in [-0.15, -0.1) is 0 Å². The minimum absolute atomic E-state index is 0.0723. The van der Waals surface area contributed by atoms with Crippen LogP contribution in [-0.2, 0) is 14.6 Å². The molecule has 1 amide bonds. The molecule has 0 aliphatic heterocycles. The van der Waals surface area contributed by atoms with E-state index < -0.39 is 15.7 Å². The first-order valence-electron chi connectivity index (χ1n) is 8.31. The van der Waals surface area contributed by atoms with Crippen LogP contribution in [0, 0.1) is 0 Å². The molecule has 3 rings (SSSR count). The molecule has 0 aliphatic carbocycles. The summed E-state index contributed by atoms with van der Waals surface area (Å²) in [6.45, 7) is -0.234. The summed E-state index contributed by atoms with van der Waals surface area (Å²) in [7, 11) is -3.44. The van der Waals surface area contributed by atoms with E-state index in [4.69, 9.17) is 4.74 Å². The Hall–Kier alpha value is -3.12. The smallest absolute Gasteiger partial charge is 0.262 e. The molecule has 0 fully saturated rings. The lowest BCUT2D eigenvalue weighted by molar-refractivity contribution is -0.118. The van der Waals surface area contributed by atoms with Crippen molar-refractivity contribution in [2.24, 2.45) is 0 Å². The highest BCUT2D eigenvalue weighted by molar-refractivity contribution is 7.90. The average Bonchev–Trinajstić information content (AvgIpc) is 2.67. The number of rotatable bonds is 6. The van der Waals surface area contributed by atoms with Crippen molar-refractivity contribution in [3.05, 3.63) is 78.9 Å². The number of amides is 1. The molecule has 0 bridgehead atoms. The Morgan fingerprint density at radius 1 is 0.889 bits per heavy atom. The lowest BCUT2D eigenvalue weighted by Gasteiger charge is -2.13. The fourth-order valence-electron chi connectivity index (χ4n) is 2.67. The number of para-hydroxylation sites is 2. The van der Waals surface area contributed by atoms with E-state index in [0.717, 1.165) is 17.4 Å². The van der Waals surface area contributed by atoms with Crippen LogP contribution in [0.3, 0.4) is 0 Å². The van der Waals surface area contributed by atoms with E-state index in [0.29, 0.717) is 5.75 Å². The Labute approximate surface area is 158 Å². The van der Waals surface area contributed by atoms with Gasteiger partial charge >= 0.3 is 0 Å². The molecule has 0 unspecified atom stereocenters. The van der Waals surface area contributed by atoms with Gasteiger partial charge in [0.25, 0.3) is 5.91 Å². The minimum atomic E-state index is -3.44. The molecule has 0 spiro atoms. The van der Waals surface area contributed by atoms with Crippen LogP contribution >= 0.6 is 0 Å². The largest absolute Gasteiger partial charge is 0.483 e. The van der Waals surface area contributed by atoms with E-state index in [1.807, 2.05) is 48.5 Å². The maximum Gasteiger partial charge on any atom is 0.262 e. The number of anilines is 1. The molecule has 5 nitrogen and oxygen atoms in total. The quantitative estimate of drug-likeness (QED) is 0.705. The molecule has 0 aliphatic rings. The Kier molecular flexibility index (Phi) is 5.57. The van der Waals surface area contributed by atoms with Gasteiger partial charge in [0.05, 0.1) is 10.6 Å². The predicted molar refractivity (Wildman–Crippen MR) is 106 cm³/mol. The highest BCUT2D eigenvalue weighted by atomic mass is 32.2. The van der Waals surface area contributed by atoms with E-state index in [2.05, 4.69) is 5.32 Å². The van der Waals surface area contributed by atoms with Crippen LogP contribution in [0.4, 0.5) is 5.69 Å². The molecular weight excluding hydrogens is 362 g/mol. The third-order valence-electron chi connectivity index (χ3n) is 3.89. The summed E-state index contributed by atoms with van der Waals surface area (Å²) < 4.78 is 29.4. The lowest BCUT2D eigenvalue weighted by atomic mass is 10.1. The number of carbonyl (C=O) groups excluding carboxylic acids is 1. The van der Waals surface area contributed by atoms with Gasteiger partial charge in [-0.2, -0.15) is 0 Å². The predicted octanol–water partition coefficient (Wildman–Crippen LogP) is 3.77. The molecule has 138 valence electrons. The van der Waals surface area contributed by atoms with Gasteiger partial charge in [-0.25, -0.2) is 8.42 Å². The van der Waals surface area contributed by atoms with Crippen LogP contribution in [0.15, 0.2) is 83.8 Å². The van der Waals surface area contributed by atoms with Crippen LogP contribution in [-0.4, -0.2) is 27.2 Å². The molecule has 0 atom stereocenters. The van der Waals surface area contributed by atoms with Gasteiger partial charge in [-0.05, 0) is 23.8 Å². The van der Waals surface area contributed by atoms with Crippen LogP contribution in [0.5, 0.6) is 5.75 Å². The van der Waals surface area contributed by atoms with E-state index >= 15 is 0 Å². The second-order valence-electron chi connectivity index (χ2n) is 5.97. The van der Waals surface area contributed by atoms with Gasteiger partial charge in [0, 0.05) is 11.8 Å². The summed E-state index contributed by atoms with van der Waals surface area (Å²) in [6.07, 6.45) is 1.10. The van der Waals surface area contributed by atoms with Gasteiger partial charge in [0.1, 0.15) is 5.75 Å². The van der Waals surface area contributed by atoms with Gasteiger partial charge in [0.15, 0.2) is 16.4 Å². The van der Waals surface area contributed by atoms with Crippen molar-refractivity contribution in [2.45, 2.75) is 4.90 Å². The fraction of sp³-hybridized carbons (Fsp3) is 0.0952. The van der Waals surface area contributed by atoms with Crippen molar-refractivity contribution < 1.29 is 17.9 Å². The molecule has 0 saturated carbocycles. The van der Waals surface area contributed by atoms with Gasteiger partial charge in [-0.1, -0.05) is 60.7 Å².